The van der Waals surface area contributed by atoms with Crippen molar-refractivity contribution in [2.75, 3.05) is 19.0 Å². The molecule has 0 aromatic rings. The third-order valence-electron chi connectivity index (χ3n) is 3.51. The Labute approximate surface area is 116 Å². The van der Waals surface area contributed by atoms with Gasteiger partial charge in [0.15, 0.2) is 0 Å². The van der Waals surface area contributed by atoms with Gasteiger partial charge in [0.2, 0.25) is 9.05 Å². The fraction of sp³-hybridized carbons (Fsp3) is 1.00. The summed E-state index contributed by atoms with van der Waals surface area (Å²) in [6.45, 7) is 1.72. The molecule has 108 valence electrons. The average molecular weight is 297 g/mol. The standard InChI is InChI=1S/C13H25ClO3S/c14-18(15,16)11-7-2-1-6-10-17-12-13-8-4-3-5-9-13/h13H,1-12H2. The van der Waals surface area contributed by atoms with Crippen molar-refractivity contribution in [1.82, 2.24) is 0 Å². The van der Waals surface area contributed by atoms with Gasteiger partial charge in [-0.25, -0.2) is 8.42 Å². The molecule has 0 unspecified atom stereocenters. The Morgan fingerprint density at radius 3 is 2.33 bits per heavy atom. The molecule has 1 saturated carbocycles. The minimum atomic E-state index is -3.30. The highest BCUT2D eigenvalue weighted by Crippen LogP contribution is 2.23. The third kappa shape index (κ3) is 9.17. The van der Waals surface area contributed by atoms with Crippen LogP contribution in [0.2, 0.25) is 0 Å². The number of ether oxygens (including phenoxy) is 1. The van der Waals surface area contributed by atoms with E-state index in [4.69, 9.17) is 15.4 Å². The SMILES string of the molecule is O=S(=O)(Cl)CCCCCCOCC1CCCCC1. The maximum atomic E-state index is 10.7. The molecule has 18 heavy (non-hydrogen) atoms. The molecule has 3 nitrogen and oxygen atoms in total. The van der Waals surface area contributed by atoms with Crippen molar-refractivity contribution in [2.24, 2.45) is 5.92 Å². The minimum absolute atomic E-state index is 0.0947. The van der Waals surface area contributed by atoms with Crippen LogP contribution in [0.15, 0.2) is 0 Å². The van der Waals surface area contributed by atoms with Gasteiger partial charge in [0.1, 0.15) is 0 Å². The van der Waals surface area contributed by atoms with Crippen LogP contribution in [0.1, 0.15) is 57.8 Å². The van der Waals surface area contributed by atoms with E-state index in [2.05, 4.69) is 0 Å². The molecule has 0 atom stereocenters. The first-order chi connectivity index (χ1) is 8.58. The molecule has 0 radical (unpaired) electrons. The van der Waals surface area contributed by atoms with Gasteiger partial charge in [-0.2, -0.15) is 0 Å². The second-order valence-electron chi connectivity index (χ2n) is 5.24. The van der Waals surface area contributed by atoms with Crippen molar-refractivity contribution in [3.63, 3.8) is 0 Å². The molecule has 0 aromatic carbocycles. The predicted octanol–water partition coefficient (Wildman–Crippen LogP) is 3.71. The normalized spacial score (nSPS) is 18.1. The maximum absolute atomic E-state index is 10.7. The van der Waals surface area contributed by atoms with Crippen molar-refractivity contribution in [3.05, 3.63) is 0 Å². The van der Waals surface area contributed by atoms with Crippen LogP contribution in [0.3, 0.4) is 0 Å². The molecule has 0 aliphatic heterocycles. The molecule has 1 aliphatic carbocycles. The van der Waals surface area contributed by atoms with E-state index in [0.717, 1.165) is 38.4 Å². The van der Waals surface area contributed by atoms with Gasteiger partial charge in [0.25, 0.3) is 0 Å². The fourth-order valence-corrected chi connectivity index (χ4v) is 3.31. The van der Waals surface area contributed by atoms with Crippen LogP contribution in [0.5, 0.6) is 0 Å². The highest BCUT2D eigenvalue weighted by Gasteiger charge is 2.12. The summed E-state index contributed by atoms with van der Waals surface area (Å²) in [6.07, 6.45) is 10.4. The number of halogens is 1. The zero-order valence-electron chi connectivity index (χ0n) is 11.1. The first kappa shape index (κ1) is 16.3. The number of unbranched alkanes of at least 4 members (excludes halogenated alkanes) is 3. The van der Waals surface area contributed by atoms with Crippen molar-refractivity contribution in [1.29, 1.82) is 0 Å². The van der Waals surface area contributed by atoms with Crippen molar-refractivity contribution in [2.45, 2.75) is 57.8 Å². The van der Waals surface area contributed by atoms with E-state index in [1.807, 2.05) is 0 Å². The first-order valence-electron chi connectivity index (χ1n) is 7.08. The number of hydrogen-bond donors (Lipinski definition) is 0. The summed E-state index contributed by atoms with van der Waals surface area (Å²) < 4.78 is 27.0. The Bertz CT molecular complexity index is 297. The average Bonchev–Trinajstić information content (AvgIpc) is 2.32. The Balaban J connectivity index is 1.83. The molecule has 1 fully saturated rings. The van der Waals surface area contributed by atoms with Gasteiger partial charge in [0.05, 0.1) is 5.75 Å². The molecule has 5 heteroatoms. The smallest absolute Gasteiger partial charge is 0.232 e. The minimum Gasteiger partial charge on any atom is -0.381 e. The topological polar surface area (TPSA) is 43.4 Å². The summed E-state index contributed by atoms with van der Waals surface area (Å²) >= 11 is 0. The van der Waals surface area contributed by atoms with Crippen LogP contribution in [-0.2, 0) is 13.8 Å². The molecule has 0 amide bonds. The fourth-order valence-electron chi connectivity index (χ4n) is 2.44. The summed E-state index contributed by atoms with van der Waals surface area (Å²) in [4.78, 5) is 0. The zero-order valence-corrected chi connectivity index (χ0v) is 12.6. The van der Waals surface area contributed by atoms with Gasteiger partial charge in [0, 0.05) is 23.9 Å². The largest absolute Gasteiger partial charge is 0.381 e. The molecule has 0 heterocycles. The lowest BCUT2D eigenvalue weighted by Crippen LogP contribution is -2.13. The second kappa shape index (κ2) is 9.16. The van der Waals surface area contributed by atoms with Gasteiger partial charge in [-0.1, -0.05) is 32.1 Å². The first-order valence-corrected chi connectivity index (χ1v) is 9.56. The molecule has 1 aliphatic rings. The Morgan fingerprint density at radius 1 is 1.00 bits per heavy atom. The summed E-state index contributed by atoms with van der Waals surface area (Å²) in [6, 6.07) is 0. The molecular formula is C13H25ClO3S. The van der Waals surface area contributed by atoms with Gasteiger partial charge >= 0.3 is 0 Å². The van der Waals surface area contributed by atoms with Gasteiger partial charge in [-0.15, -0.1) is 0 Å². The predicted molar refractivity (Wildman–Crippen MR) is 75.5 cm³/mol. The number of hydrogen-bond acceptors (Lipinski definition) is 3. The highest BCUT2D eigenvalue weighted by atomic mass is 35.7. The van der Waals surface area contributed by atoms with Crippen LogP contribution >= 0.6 is 10.7 Å². The van der Waals surface area contributed by atoms with E-state index in [9.17, 15) is 8.42 Å². The zero-order chi connectivity index (χ0) is 13.3. The van der Waals surface area contributed by atoms with Crippen LogP contribution in [-0.4, -0.2) is 27.4 Å². The van der Waals surface area contributed by atoms with E-state index in [0.29, 0.717) is 6.42 Å². The second-order valence-corrected chi connectivity index (χ2v) is 8.13. The Morgan fingerprint density at radius 2 is 1.67 bits per heavy atom. The van der Waals surface area contributed by atoms with E-state index in [1.165, 1.54) is 32.1 Å². The quantitative estimate of drug-likeness (QED) is 0.481. The summed E-state index contributed by atoms with van der Waals surface area (Å²) in [5.41, 5.74) is 0. The molecular weight excluding hydrogens is 272 g/mol. The van der Waals surface area contributed by atoms with Crippen LogP contribution in [0.4, 0.5) is 0 Å². The van der Waals surface area contributed by atoms with E-state index < -0.39 is 9.05 Å². The summed E-state index contributed by atoms with van der Waals surface area (Å²) in [5.74, 6) is 0.873. The van der Waals surface area contributed by atoms with Crippen LogP contribution < -0.4 is 0 Å². The molecule has 1 rings (SSSR count). The van der Waals surface area contributed by atoms with Crippen LogP contribution in [0, 0.1) is 5.92 Å². The molecule has 0 spiro atoms. The highest BCUT2D eigenvalue weighted by molar-refractivity contribution is 8.13. The van der Waals surface area contributed by atoms with E-state index >= 15 is 0 Å². The van der Waals surface area contributed by atoms with E-state index in [1.54, 1.807) is 0 Å². The molecule has 0 saturated heterocycles. The summed E-state index contributed by atoms with van der Waals surface area (Å²) in [5, 5.41) is 0. The van der Waals surface area contributed by atoms with Gasteiger partial charge in [-0.05, 0) is 31.6 Å². The van der Waals surface area contributed by atoms with Crippen molar-refractivity contribution >= 4 is 19.7 Å². The maximum Gasteiger partial charge on any atom is 0.232 e. The lowest BCUT2D eigenvalue weighted by atomic mass is 9.90. The molecule has 0 aromatic heterocycles. The van der Waals surface area contributed by atoms with E-state index in [-0.39, 0.29) is 5.75 Å². The van der Waals surface area contributed by atoms with Crippen molar-refractivity contribution in [3.8, 4) is 0 Å². The lowest BCUT2D eigenvalue weighted by molar-refractivity contribution is 0.0825. The van der Waals surface area contributed by atoms with Crippen molar-refractivity contribution < 1.29 is 13.2 Å². The van der Waals surface area contributed by atoms with Gasteiger partial charge in [-0.3, -0.25) is 0 Å². The van der Waals surface area contributed by atoms with Crippen LogP contribution in [0.25, 0.3) is 0 Å². The monoisotopic (exact) mass is 296 g/mol. The number of rotatable bonds is 9. The third-order valence-corrected chi connectivity index (χ3v) is 4.74. The molecule has 0 N–H and O–H groups in total. The molecule has 0 bridgehead atoms. The van der Waals surface area contributed by atoms with Gasteiger partial charge < -0.3 is 4.74 Å². The summed E-state index contributed by atoms with van der Waals surface area (Å²) in [7, 11) is 1.83. The Kier molecular flexibility index (Phi) is 8.27. The lowest BCUT2D eigenvalue weighted by Gasteiger charge is -2.21. The Hall–Kier alpha value is 0.200.